The fourth-order valence-corrected chi connectivity index (χ4v) is 1.86. The molecule has 5 nitrogen and oxygen atoms in total. The molecule has 0 radical (unpaired) electrons. The molecule has 5 heteroatoms. The van der Waals surface area contributed by atoms with Crippen LogP contribution in [0.3, 0.4) is 0 Å². The molecule has 1 atom stereocenters. The summed E-state index contributed by atoms with van der Waals surface area (Å²) < 4.78 is 4.66. The van der Waals surface area contributed by atoms with E-state index in [4.69, 9.17) is 0 Å². The highest BCUT2D eigenvalue weighted by molar-refractivity contribution is 5.94. The van der Waals surface area contributed by atoms with E-state index in [0.717, 1.165) is 12.1 Å². The molecule has 0 aliphatic rings. The number of amides is 1. The molecule has 20 heavy (non-hydrogen) atoms. The van der Waals surface area contributed by atoms with Crippen molar-refractivity contribution in [3.8, 4) is 0 Å². The van der Waals surface area contributed by atoms with Crippen molar-refractivity contribution in [2.24, 2.45) is 0 Å². The first-order chi connectivity index (χ1) is 9.58. The summed E-state index contributed by atoms with van der Waals surface area (Å²) in [5.41, 5.74) is 0.749. The molecule has 1 unspecified atom stereocenters. The average Bonchev–Trinajstić information content (AvgIpc) is 2.46. The van der Waals surface area contributed by atoms with Crippen molar-refractivity contribution in [1.29, 1.82) is 0 Å². The van der Waals surface area contributed by atoms with Crippen molar-refractivity contribution < 1.29 is 14.3 Å². The first-order valence-electron chi connectivity index (χ1n) is 6.75. The van der Waals surface area contributed by atoms with E-state index >= 15 is 0 Å². The van der Waals surface area contributed by atoms with Crippen molar-refractivity contribution in [2.75, 3.05) is 25.5 Å². The van der Waals surface area contributed by atoms with E-state index in [0.29, 0.717) is 6.54 Å². The van der Waals surface area contributed by atoms with Crippen LogP contribution in [0.5, 0.6) is 0 Å². The summed E-state index contributed by atoms with van der Waals surface area (Å²) in [7, 11) is 1.35. The number of rotatable bonds is 7. The Morgan fingerprint density at radius 1 is 1.30 bits per heavy atom. The second kappa shape index (κ2) is 8.32. The fourth-order valence-electron chi connectivity index (χ4n) is 1.86. The summed E-state index contributed by atoms with van der Waals surface area (Å²) in [6, 6.07) is 8.87. The van der Waals surface area contributed by atoms with Crippen LogP contribution in [0.1, 0.15) is 20.3 Å². The Bertz CT molecular complexity index is 434. The van der Waals surface area contributed by atoms with Crippen molar-refractivity contribution in [2.45, 2.75) is 26.3 Å². The monoisotopic (exact) mass is 278 g/mol. The quantitative estimate of drug-likeness (QED) is 0.774. The normalized spacial score (nSPS) is 12.0. The molecule has 1 rings (SSSR count). The Labute approximate surface area is 119 Å². The lowest BCUT2D eigenvalue weighted by molar-refractivity contribution is -0.142. The minimum Gasteiger partial charge on any atom is -0.468 e. The van der Waals surface area contributed by atoms with Gasteiger partial charge in [-0.05, 0) is 32.0 Å². The number of carbonyl (C=O) groups is 2. The molecule has 0 aromatic heterocycles. The molecular weight excluding hydrogens is 256 g/mol. The van der Waals surface area contributed by atoms with Gasteiger partial charge in [-0.3, -0.25) is 14.5 Å². The van der Waals surface area contributed by atoms with Crippen molar-refractivity contribution >= 4 is 17.6 Å². The fraction of sp³-hybridized carbons (Fsp3) is 0.467. The molecule has 0 saturated heterocycles. The highest BCUT2D eigenvalue weighted by Gasteiger charge is 2.23. The number of methoxy groups -OCH3 is 1. The standard InChI is InChI=1S/C15H22N2O3/c1-4-10-17(11-14(18)20-3)12(2)15(19)16-13-8-6-5-7-9-13/h5-9,12H,4,10-11H2,1-3H3,(H,16,19). The van der Waals surface area contributed by atoms with Gasteiger partial charge < -0.3 is 10.1 Å². The zero-order valence-electron chi connectivity index (χ0n) is 12.3. The molecule has 0 spiro atoms. The predicted molar refractivity (Wildman–Crippen MR) is 78.4 cm³/mol. The highest BCUT2D eigenvalue weighted by Crippen LogP contribution is 2.08. The number of esters is 1. The van der Waals surface area contributed by atoms with E-state index in [1.54, 1.807) is 6.92 Å². The summed E-state index contributed by atoms with van der Waals surface area (Å²) in [6.07, 6.45) is 0.861. The Morgan fingerprint density at radius 3 is 2.50 bits per heavy atom. The van der Waals surface area contributed by atoms with Crippen molar-refractivity contribution in [1.82, 2.24) is 4.90 Å². The lowest BCUT2D eigenvalue weighted by Gasteiger charge is -2.26. The van der Waals surface area contributed by atoms with Crippen LogP contribution in [0.25, 0.3) is 0 Å². The number of nitrogens with zero attached hydrogens (tertiary/aromatic N) is 1. The Balaban J connectivity index is 2.65. The number of carbonyl (C=O) groups excluding carboxylic acids is 2. The van der Waals surface area contributed by atoms with Gasteiger partial charge in [0.2, 0.25) is 5.91 Å². The second-order valence-electron chi connectivity index (χ2n) is 4.58. The third kappa shape index (κ3) is 5.01. The van der Waals surface area contributed by atoms with Gasteiger partial charge in [0.15, 0.2) is 0 Å². The van der Waals surface area contributed by atoms with E-state index in [1.807, 2.05) is 42.2 Å². The first kappa shape index (κ1) is 16.2. The Hall–Kier alpha value is -1.88. The molecule has 0 saturated carbocycles. The maximum atomic E-state index is 12.2. The van der Waals surface area contributed by atoms with Crippen LogP contribution in [0.4, 0.5) is 5.69 Å². The van der Waals surface area contributed by atoms with Crippen LogP contribution < -0.4 is 5.32 Å². The molecule has 1 amide bonds. The van der Waals surface area contributed by atoms with Gasteiger partial charge in [0, 0.05) is 5.69 Å². The minimum absolute atomic E-state index is 0.119. The first-order valence-corrected chi connectivity index (χ1v) is 6.75. The number of anilines is 1. The van der Waals surface area contributed by atoms with E-state index in [9.17, 15) is 9.59 Å². The van der Waals surface area contributed by atoms with Crippen LogP contribution in [0, 0.1) is 0 Å². The second-order valence-corrected chi connectivity index (χ2v) is 4.58. The van der Waals surface area contributed by atoms with E-state index in [-0.39, 0.29) is 18.4 Å². The molecule has 0 heterocycles. The van der Waals surface area contributed by atoms with Crippen LogP contribution in [-0.4, -0.2) is 43.0 Å². The zero-order valence-corrected chi connectivity index (χ0v) is 12.3. The number of para-hydroxylation sites is 1. The molecule has 110 valence electrons. The number of nitrogens with one attached hydrogen (secondary N) is 1. The third-order valence-electron chi connectivity index (χ3n) is 3.04. The largest absolute Gasteiger partial charge is 0.468 e. The van der Waals surface area contributed by atoms with Gasteiger partial charge in [-0.2, -0.15) is 0 Å². The van der Waals surface area contributed by atoms with Crippen molar-refractivity contribution in [3.63, 3.8) is 0 Å². The molecule has 0 aliphatic carbocycles. The Kier molecular flexibility index (Phi) is 6.73. The SMILES string of the molecule is CCCN(CC(=O)OC)C(C)C(=O)Nc1ccccc1. The molecule has 1 aromatic carbocycles. The van der Waals surface area contributed by atoms with Crippen LogP contribution in [0.15, 0.2) is 30.3 Å². The summed E-state index contributed by atoms with van der Waals surface area (Å²) in [4.78, 5) is 25.4. The summed E-state index contributed by atoms with van der Waals surface area (Å²) in [6.45, 7) is 4.58. The van der Waals surface area contributed by atoms with E-state index < -0.39 is 6.04 Å². The van der Waals surface area contributed by atoms with Gasteiger partial charge in [-0.15, -0.1) is 0 Å². The maximum Gasteiger partial charge on any atom is 0.319 e. The van der Waals surface area contributed by atoms with Gasteiger partial charge >= 0.3 is 5.97 Å². The highest BCUT2D eigenvalue weighted by atomic mass is 16.5. The summed E-state index contributed by atoms with van der Waals surface area (Å²) in [5.74, 6) is -0.466. The number of hydrogen-bond acceptors (Lipinski definition) is 4. The number of ether oxygens (including phenoxy) is 1. The van der Waals surface area contributed by atoms with Gasteiger partial charge in [0.25, 0.3) is 0 Å². The molecular formula is C15H22N2O3. The Morgan fingerprint density at radius 2 is 1.95 bits per heavy atom. The lowest BCUT2D eigenvalue weighted by atomic mass is 10.2. The van der Waals surface area contributed by atoms with Gasteiger partial charge in [-0.25, -0.2) is 0 Å². The smallest absolute Gasteiger partial charge is 0.319 e. The lowest BCUT2D eigenvalue weighted by Crippen LogP contribution is -2.45. The molecule has 0 bridgehead atoms. The van der Waals surface area contributed by atoms with Gasteiger partial charge in [0.1, 0.15) is 0 Å². The molecule has 1 N–H and O–H groups in total. The van der Waals surface area contributed by atoms with E-state index in [1.165, 1.54) is 7.11 Å². The predicted octanol–water partition coefficient (Wildman–Crippen LogP) is 1.90. The zero-order chi connectivity index (χ0) is 15.0. The van der Waals surface area contributed by atoms with E-state index in [2.05, 4.69) is 10.1 Å². The maximum absolute atomic E-state index is 12.2. The van der Waals surface area contributed by atoms with Crippen LogP contribution in [0.2, 0.25) is 0 Å². The summed E-state index contributed by atoms with van der Waals surface area (Å²) in [5, 5.41) is 2.84. The average molecular weight is 278 g/mol. The van der Waals surface area contributed by atoms with Crippen LogP contribution in [-0.2, 0) is 14.3 Å². The molecule has 0 aliphatic heterocycles. The van der Waals surface area contributed by atoms with Gasteiger partial charge in [0.05, 0.1) is 19.7 Å². The summed E-state index contributed by atoms with van der Waals surface area (Å²) >= 11 is 0. The number of benzene rings is 1. The number of hydrogen-bond donors (Lipinski definition) is 1. The van der Waals surface area contributed by atoms with Crippen molar-refractivity contribution in [3.05, 3.63) is 30.3 Å². The topological polar surface area (TPSA) is 58.6 Å². The molecule has 0 fully saturated rings. The third-order valence-corrected chi connectivity index (χ3v) is 3.04. The molecule has 1 aromatic rings. The minimum atomic E-state index is -0.394. The van der Waals surface area contributed by atoms with Crippen LogP contribution >= 0.6 is 0 Å². The van der Waals surface area contributed by atoms with Gasteiger partial charge in [-0.1, -0.05) is 25.1 Å².